The van der Waals surface area contributed by atoms with Gasteiger partial charge in [-0.05, 0) is 30.7 Å². The molecule has 4 nitrogen and oxygen atoms in total. The minimum Gasteiger partial charge on any atom is -0.348 e. The number of amides is 1. The van der Waals surface area contributed by atoms with Crippen LogP contribution in [0.15, 0.2) is 24.4 Å². The molecule has 0 saturated carbocycles. The molecule has 2 heterocycles. The Hall–Kier alpha value is -1.49. The van der Waals surface area contributed by atoms with Crippen molar-refractivity contribution in [1.82, 2.24) is 15.5 Å². The standard InChI is InChI=1S/C13H15N3OS/c17-13(15-11-2-1-5-18-8-11)9-3-4-10-7-14-16-12(10)6-9/h3-4,6-7,11H,1-2,5,8H2,(H,14,16)(H,15,17). The number of hydrogen-bond donors (Lipinski definition) is 2. The summed E-state index contributed by atoms with van der Waals surface area (Å²) in [4.78, 5) is 12.1. The number of fused-ring (bicyclic) bond motifs is 1. The number of benzene rings is 1. The molecule has 5 heteroatoms. The van der Waals surface area contributed by atoms with Gasteiger partial charge < -0.3 is 5.32 Å². The number of thioether (sulfide) groups is 1. The van der Waals surface area contributed by atoms with Crippen LogP contribution >= 0.6 is 11.8 Å². The van der Waals surface area contributed by atoms with Gasteiger partial charge in [-0.15, -0.1) is 0 Å². The molecule has 0 radical (unpaired) electrons. The average Bonchev–Trinajstić information content (AvgIpc) is 2.87. The fourth-order valence-electron chi connectivity index (χ4n) is 2.20. The molecule has 2 N–H and O–H groups in total. The van der Waals surface area contributed by atoms with Crippen molar-refractivity contribution in [2.45, 2.75) is 18.9 Å². The Morgan fingerprint density at radius 1 is 1.50 bits per heavy atom. The van der Waals surface area contributed by atoms with Crippen molar-refractivity contribution in [3.8, 4) is 0 Å². The van der Waals surface area contributed by atoms with Crippen molar-refractivity contribution in [2.75, 3.05) is 11.5 Å². The average molecular weight is 261 g/mol. The molecule has 0 aliphatic carbocycles. The number of carbonyl (C=O) groups excluding carboxylic acids is 1. The van der Waals surface area contributed by atoms with Crippen molar-refractivity contribution in [3.05, 3.63) is 30.0 Å². The van der Waals surface area contributed by atoms with Gasteiger partial charge in [-0.2, -0.15) is 16.9 Å². The SMILES string of the molecule is O=C(NC1CCCSC1)c1ccc2cn[nH]c2c1. The van der Waals surface area contributed by atoms with Crippen molar-refractivity contribution in [2.24, 2.45) is 0 Å². The summed E-state index contributed by atoms with van der Waals surface area (Å²) in [5, 5.41) is 11.0. The van der Waals surface area contributed by atoms with Crippen LogP contribution in [0.2, 0.25) is 0 Å². The van der Waals surface area contributed by atoms with E-state index in [0.717, 1.165) is 23.1 Å². The number of rotatable bonds is 2. The summed E-state index contributed by atoms with van der Waals surface area (Å²) in [7, 11) is 0. The highest BCUT2D eigenvalue weighted by molar-refractivity contribution is 7.99. The van der Waals surface area contributed by atoms with Crippen molar-refractivity contribution in [1.29, 1.82) is 0 Å². The first kappa shape index (κ1) is 11.6. The fraction of sp³-hybridized carbons (Fsp3) is 0.385. The summed E-state index contributed by atoms with van der Waals surface area (Å²) in [5.41, 5.74) is 1.60. The van der Waals surface area contributed by atoms with Crippen LogP contribution in [0.4, 0.5) is 0 Å². The number of H-pyrrole nitrogens is 1. The zero-order valence-electron chi connectivity index (χ0n) is 9.98. The monoisotopic (exact) mass is 261 g/mol. The number of carbonyl (C=O) groups is 1. The Kier molecular flexibility index (Phi) is 3.23. The van der Waals surface area contributed by atoms with Crippen molar-refractivity contribution < 1.29 is 4.79 Å². The Balaban J connectivity index is 1.74. The molecule has 1 aromatic carbocycles. The van der Waals surface area contributed by atoms with E-state index in [1.165, 1.54) is 12.2 Å². The van der Waals surface area contributed by atoms with Crippen LogP contribution in [-0.2, 0) is 0 Å². The van der Waals surface area contributed by atoms with E-state index in [2.05, 4.69) is 15.5 Å². The van der Waals surface area contributed by atoms with Crippen LogP contribution in [0, 0.1) is 0 Å². The highest BCUT2D eigenvalue weighted by atomic mass is 32.2. The molecule has 18 heavy (non-hydrogen) atoms. The molecule has 1 aliphatic heterocycles. The molecule has 1 aliphatic rings. The molecule has 1 aromatic heterocycles. The molecule has 94 valence electrons. The van der Waals surface area contributed by atoms with Crippen LogP contribution in [0.25, 0.3) is 10.9 Å². The Labute approximate surface area is 110 Å². The minimum atomic E-state index is 0.0130. The molecular weight excluding hydrogens is 246 g/mol. The largest absolute Gasteiger partial charge is 0.348 e. The Bertz CT molecular complexity index is 560. The molecule has 1 fully saturated rings. The predicted molar refractivity (Wildman–Crippen MR) is 73.9 cm³/mol. The van der Waals surface area contributed by atoms with Gasteiger partial charge in [0.25, 0.3) is 5.91 Å². The van der Waals surface area contributed by atoms with E-state index >= 15 is 0 Å². The van der Waals surface area contributed by atoms with Crippen LogP contribution in [0.1, 0.15) is 23.2 Å². The van der Waals surface area contributed by atoms with E-state index in [1.54, 1.807) is 6.20 Å². The molecule has 1 amide bonds. The normalized spacial score (nSPS) is 19.9. The first-order chi connectivity index (χ1) is 8.83. The number of hydrogen-bond acceptors (Lipinski definition) is 3. The number of nitrogens with zero attached hydrogens (tertiary/aromatic N) is 1. The van der Waals surface area contributed by atoms with Crippen LogP contribution in [0.5, 0.6) is 0 Å². The second-order valence-corrected chi connectivity index (χ2v) is 5.71. The van der Waals surface area contributed by atoms with Gasteiger partial charge in [0.1, 0.15) is 0 Å². The van der Waals surface area contributed by atoms with E-state index in [9.17, 15) is 4.79 Å². The Morgan fingerprint density at radius 3 is 3.28 bits per heavy atom. The van der Waals surface area contributed by atoms with Crippen molar-refractivity contribution >= 4 is 28.6 Å². The molecular formula is C13H15N3OS. The maximum atomic E-state index is 12.1. The van der Waals surface area contributed by atoms with Gasteiger partial charge in [0.15, 0.2) is 0 Å². The van der Waals surface area contributed by atoms with Gasteiger partial charge in [-0.25, -0.2) is 0 Å². The smallest absolute Gasteiger partial charge is 0.251 e. The summed E-state index contributed by atoms with van der Waals surface area (Å²) in [6.07, 6.45) is 4.04. The quantitative estimate of drug-likeness (QED) is 0.871. The summed E-state index contributed by atoms with van der Waals surface area (Å²) in [6.45, 7) is 0. The molecule has 0 bridgehead atoms. The van der Waals surface area contributed by atoms with Gasteiger partial charge >= 0.3 is 0 Å². The third-order valence-corrected chi connectivity index (χ3v) is 4.42. The topological polar surface area (TPSA) is 57.8 Å². The fourth-order valence-corrected chi connectivity index (χ4v) is 3.27. The first-order valence-corrected chi connectivity index (χ1v) is 7.30. The van der Waals surface area contributed by atoms with Gasteiger partial charge in [-0.3, -0.25) is 9.89 Å². The van der Waals surface area contributed by atoms with Crippen LogP contribution in [0.3, 0.4) is 0 Å². The minimum absolute atomic E-state index is 0.0130. The number of nitrogens with one attached hydrogen (secondary N) is 2. The Morgan fingerprint density at radius 2 is 2.44 bits per heavy atom. The maximum Gasteiger partial charge on any atom is 0.251 e. The van der Waals surface area contributed by atoms with E-state index in [4.69, 9.17) is 0 Å². The first-order valence-electron chi connectivity index (χ1n) is 6.15. The van der Waals surface area contributed by atoms with Crippen molar-refractivity contribution in [3.63, 3.8) is 0 Å². The highest BCUT2D eigenvalue weighted by Gasteiger charge is 2.17. The van der Waals surface area contributed by atoms with Crippen LogP contribution in [-0.4, -0.2) is 33.7 Å². The van der Waals surface area contributed by atoms with E-state index in [-0.39, 0.29) is 5.91 Å². The third-order valence-electron chi connectivity index (χ3n) is 3.20. The lowest BCUT2D eigenvalue weighted by molar-refractivity contribution is 0.0938. The molecule has 2 aromatic rings. The third kappa shape index (κ3) is 2.36. The van der Waals surface area contributed by atoms with Gasteiger partial charge in [0.05, 0.1) is 11.7 Å². The van der Waals surface area contributed by atoms with E-state index in [0.29, 0.717) is 11.6 Å². The zero-order valence-corrected chi connectivity index (χ0v) is 10.8. The lowest BCUT2D eigenvalue weighted by Gasteiger charge is -2.22. The number of aromatic amines is 1. The summed E-state index contributed by atoms with van der Waals surface area (Å²) < 4.78 is 0. The summed E-state index contributed by atoms with van der Waals surface area (Å²) >= 11 is 1.91. The zero-order chi connectivity index (χ0) is 12.4. The predicted octanol–water partition coefficient (Wildman–Crippen LogP) is 2.19. The van der Waals surface area contributed by atoms with Gasteiger partial charge in [-0.1, -0.05) is 6.07 Å². The molecule has 1 saturated heterocycles. The van der Waals surface area contributed by atoms with E-state index in [1.807, 2.05) is 30.0 Å². The van der Waals surface area contributed by atoms with Crippen LogP contribution < -0.4 is 5.32 Å². The highest BCUT2D eigenvalue weighted by Crippen LogP contribution is 2.18. The molecule has 1 unspecified atom stereocenters. The van der Waals surface area contributed by atoms with E-state index < -0.39 is 0 Å². The summed E-state index contributed by atoms with van der Waals surface area (Å²) in [5.74, 6) is 2.25. The molecule has 0 spiro atoms. The number of aromatic nitrogens is 2. The second-order valence-electron chi connectivity index (χ2n) is 4.56. The molecule has 3 rings (SSSR count). The maximum absolute atomic E-state index is 12.1. The molecule has 1 atom stereocenters. The lowest BCUT2D eigenvalue weighted by atomic mass is 10.1. The van der Waals surface area contributed by atoms with Gasteiger partial charge in [0, 0.05) is 22.7 Å². The summed E-state index contributed by atoms with van der Waals surface area (Å²) in [6, 6.07) is 5.94. The lowest BCUT2D eigenvalue weighted by Crippen LogP contribution is -2.38. The second kappa shape index (κ2) is 5.02. The van der Waals surface area contributed by atoms with Gasteiger partial charge in [0.2, 0.25) is 0 Å².